The number of hydrogen-bond acceptors (Lipinski definition) is 4. The van der Waals surface area contributed by atoms with E-state index in [1.807, 2.05) is 51.0 Å². The molecule has 2 heterocycles. The molecule has 0 unspecified atom stereocenters. The van der Waals surface area contributed by atoms with Crippen molar-refractivity contribution in [2.24, 2.45) is 0 Å². The fraction of sp³-hybridized carbons (Fsp3) is 0.333. The fourth-order valence-electron chi connectivity index (χ4n) is 1.92. The zero-order valence-corrected chi connectivity index (χ0v) is 13.0. The Balaban J connectivity index is 2.07. The van der Waals surface area contributed by atoms with Crippen LogP contribution in [0.2, 0.25) is 0 Å². The Labute approximate surface area is 123 Å². The van der Waals surface area contributed by atoms with Gasteiger partial charge in [0.1, 0.15) is 5.82 Å². The van der Waals surface area contributed by atoms with Gasteiger partial charge in [-0.2, -0.15) is 0 Å². The second-order valence-corrected chi connectivity index (χ2v) is 6.17. The van der Waals surface area contributed by atoms with Crippen LogP contribution in [0.5, 0.6) is 0 Å². The summed E-state index contributed by atoms with van der Waals surface area (Å²) in [6.45, 7) is 4.53. The maximum atomic E-state index is 12.1. The Kier molecular flexibility index (Phi) is 4.39. The van der Waals surface area contributed by atoms with Crippen LogP contribution in [0.25, 0.3) is 0 Å². The predicted octanol–water partition coefficient (Wildman–Crippen LogP) is 2.76. The standard InChI is InChI=1S/C15H19N3OS/c1-10-8-13(20-11(10)2)15(19)17-9-12-6-5-7-16-14(12)18(3)4/h5-8H,9H2,1-4H3,(H,17,19). The predicted molar refractivity (Wildman–Crippen MR) is 83.5 cm³/mol. The topological polar surface area (TPSA) is 45.2 Å². The lowest BCUT2D eigenvalue weighted by molar-refractivity contribution is 0.0955. The second kappa shape index (κ2) is 6.05. The van der Waals surface area contributed by atoms with Crippen molar-refractivity contribution in [3.05, 3.63) is 45.3 Å². The van der Waals surface area contributed by atoms with Crippen LogP contribution in [0.4, 0.5) is 5.82 Å². The minimum absolute atomic E-state index is 0.0280. The number of nitrogens with zero attached hydrogens (tertiary/aromatic N) is 2. The van der Waals surface area contributed by atoms with E-state index in [1.54, 1.807) is 6.20 Å². The minimum Gasteiger partial charge on any atom is -0.362 e. The van der Waals surface area contributed by atoms with Crippen molar-refractivity contribution in [3.63, 3.8) is 0 Å². The maximum Gasteiger partial charge on any atom is 0.261 e. The molecule has 0 aliphatic rings. The van der Waals surface area contributed by atoms with Crippen molar-refractivity contribution >= 4 is 23.1 Å². The van der Waals surface area contributed by atoms with E-state index < -0.39 is 0 Å². The summed E-state index contributed by atoms with van der Waals surface area (Å²) in [7, 11) is 3.89. The molecule has 5 heteroatoms. The van der Waals surface area contributed by atoms with Crippen LogP contribution in [0.1, 0.15) is 25.7 Å². The van der Waals surface area contributed by atoms with E-state index in [0.717, 1.165) is 21.8 Å². The summed E-state index contributed by atoms with van der Waals surface area (Å²) in [5.74, 6) is 0.853. The van der Waals surface area contributed by atoms with E-state index in [0.29, 0.717) is 6.54 Å². The van der Waals surface area contributed by atoms with Gasteiger partial charge in [-0.05, 0) is 31.5 Å². The van der Waals surface area contributed by atoms with Crippen molar-refractivity contribution in [2.75, 3.05) is 19.0 Å². The Hall–Kier alpha value is -1.88. The number of carbonyl (C=O) groups excluding carboxylic acids is 1. The number of anilines is 1. The third-order valence-corrected chi connectivity index (χ3v) is 4.27. The molecule has 0 aliphatic carbocycles. The first kappa shape index (κ1) is 14.5. The van der Waals surface area contributed by atoms with Crippen molar-refractivity contribution in [2.45, 2.75) is 20.4 Å². The summed E-state index contributed by atoms with van der Waals surface area (Å²) in [5, 5.41) is 2.96. The molecule has 0 spiro atoms. The van der Waals surface area contributed by atoms with E-state index in [9.17, 15) is 4.79 Å². The highest BCUT2D eigenvalue weighted by Crippen LogP contribution is 2.21. The molecule has 106 valence electrons. The van der Waals surface area contributed by atoms with Crippen LogP contribution >= 0.6 is 11.3 Å². The first-order valence-electron chi connectivity index (χ1n) is 6.45. The lowest BCUT2D eigenvalue weighted by atomic mass is 10.2. The Morgan fingerprint density at radius 3 is 2.75 bits per heavy atom. The quantitative estimate of drug-likeness (QED) is 0.941. The van der Waals surface area contributed by atoms with Gasteiger partial charge in [0.2, 0.25) is 0 Å². The highest BCUT2D eigenvalue weighted by molar-refractivity contribution is 7.14. The van der Waals surface area contributed by atoms with Crippen LogP contribution in [0.3, 0.4) is 0 Å². The molecule has 4 nitrogen and oxygen atoms in total. The summed E-state index contributed by atoms with van der Waals surface area (Å²) >= 11 is 1.53. The van der Waals surface area contributed by atoms with Crippen LogP contribution in [-0.4, -0.2) is 25.0 Å². The van der Waals surface area contributed by atoms with Crippen molar-refractivity contribution in [1.82, 2.24) is 10.3 Å². The molecule has 0 fully saturated rings. The second-order valence-electron chi connectivity index (χ2n) is 4.91. The van der Waals surface area contributed by atoms with Crippen LogP contribution in [0, 0.1) is 13.8 Å². The largest absolute Gasteiger partial charge is 0.362 e. The first-order chi connectivity index (χ1) is 9.49. The Bertz CT molecular complexity index is 600. The SMILES string of the molecule is Cc1cc(C(=O)NCc2cccnc2N(C)C)sc1C. The average molecular weight is 289 g/mol. The number of carbonyl (C=O) groups is 1. The molecule has 0 radical (unpaired) electrons. The summed E-state index contributed by atoms with van der Waals surface area (Å²) < 4.78 is 0. The van der Waals surface area contributed by atoms with Gasteiger partial charge in [-0.3, -0.25) is 4.79 Å². The van der Waals surface area contributed by atoms with Gasteiger partial charge in [-0.25, -0.2) is 4.98 Å². The molecule has 0 aromatic carbocycles. The molecule has 2 aromatic heterocycles. The van der Waals surface area contributed by atoms with Gasteiger partial charge in [0, 0.05) is 37.3 Å². The first-order valence-corrected chi connectivity index (χ1v) is 7.27. The van der Waals surface area contributed by atoms with Crippen LogP contribution < -0.4 is 10.2 Å². The number of rotatable bonds is 4. The van der Waals surface area contributed by atoms with E-state index in [1.165, 1.54) is 16.2 Å². The highest BCUT2D eigenvalue weighted by atomic mass is 32.1. The average Bonchev–Trinajstić information content (AvgIpc) is 2.76. The summed E-state index contributed by atoms with van der Waals surface area (Å²) in [6, 6.07) is 5.80. The zero-order chi connectivity index (χ0) is 14.7. The van der Waals surface area contributed by atoms with Gasteiger partial charge >= 0.3 is 0 Å². The van der Waals surface area contributed by atoms with Gasteiger partial charge in [0.05, 0.1) is 4.88 Å². The van der Waals surface area contributed by atoms with Crippen molar-refractivity contribution in [3.8, 4) is 0 Å². The molecular formula is C15H19N3OS. The Morgan fingerprint density at radius 1 is 1.40 bits per heavy atom. The number of aryl methyl sites for hydroxylation is 2. The molecule has 0 bridgehead atoms. The number of pyridine rings is 1. The van der Waals surface area contributed by atoms with Gasteiger partial charge in [-0.1, -0.05) is 6.07 Å². The van der Waals surface area contributed by atoms with Gasteiger partial charge in [0.25, 0.3) is 5.91 Å². The lowest BCUT2D eigenvalue weighted by Crippen LogP contribution is -2.23. The van der Waals surface area contributed by atoms with E-state index >= 15 is 0 Å². The van der Waals surface area contributed by atoms with Crippen molar-refractivity contribution in [1.29, 1.82) is 0 Å². The van der Waals surface area contributed by atoms with Crippen LogP contribution in [-0.2, 0) is 6.54 Å². The normalized spacial score (nSPS) is 10.4. The molecule has 2 rings (SSSR count). The molecular weight excluding hydrogens is 270 g/mol. The monoisotopic (exact) mass is 289 g/mol. The van der Waals surface area contributed by atoms with Gasteiger partial charge in [-0.15, -0.1) is 11.3 Å². The van der Waals surface area contributed by atoms with E-state index in [2.05, 4.69) is 10.3 Å². The van der Waals surface area contributed by atoms with Crippen LogP contribution in [0.15, 0.2) is 24.4 Å². The fourth-order valence-corrected chi connectivity index (χ4v) is 2.87. The number of thiophene rings is 1. The summed E-state index contributed by atoms with van der Waals surface area (Å²) in [5.41, 5.74) is 2.17. The number of nitrogens with one attached hydrogen (secondary N) is 1. The third-order valence-electron chi connectivity index (χ3n) is 3.12. The maximum absolute atomic E-state index is 12.1. The lowest BCUT2D eigenvalue weighted by Gasteiger charge is -2.15. The highest BCUT2D eigenvalue weighted by Gasteiger charge is 2.11. The number of amides is 1. The molecule has 0 saturated heterocycles. The van der Waals surface area contributed by atoms with E-state index in [-0.39, 0.29) is 5.91 Å². The third kappa shape index (κ3) is 3.17. The molecule has 2 aromatic rings. The van der Waals surface area contributed by atoms with E-state index in [4.69, 9.17) is 0 Å². The van der Waals surface area contributed by atoms with Gasteiger partial charge in [0.15, 0.2) is 0 Å². The van der Waals surface area contributed by atoms with Gasteiger partial charge < -0.3 is 10.2 Å². The summed E-state index contributed by atoms with van der Waals surface area (Å²) in [4.78, 5) is 20.3. The molecule has 0 saturated carbocycles. The minimum atomic E-state index is -0.0280. The number of hydrogen-bond donors (Lipinski definition) is 1. The summed E-state index contributed by atoms with van der Waals surface area (Å²) in [6.07, 6.45) is 1.76. The zero-order valence-electron chi connectivity index (χ0n) is 12.2. The smallest absolute Gasteiger partial charge is 0.261 e. The molecule has 1 amide bonds. The number of aromatic nitrogens is 1. The molecule has 20 heavy (non-hydrogen) atoms. The van der Waals surface area contributed by atoms with Crippen molar-refractivity contribution < 1.29 is 4.79 Å². The Morgan fingerprint density at radius 2 is 2.15 bits per heavy atom. The molecule has 0 atom stereocenters. The molecule has 0 aliphatic heterocycles. The molecule has 1 N–H and O–H groups in total.